The van der Waals surface area contributed by atoms with Crippen molar-refractivity contribution in [3.8, 4) is 0 Å². The van der Waals surface area contributed by atoms with Crippen molar-refractivity contribution in [2.75, 3.05) is 0 Å². The standard InChI is InChI=1S/C14H12N2O2S2/c1-2-9-6-10-13(20-9)15-8-16(14(10)18)7-11(17)12-4-3-5-19-12/h3-6,8H,2,7H2,1H3. The second kappa shape index (κ2) is 5.30. The molecule has 3 aromatic heterocycles. The van der Waals surface area contributed by atoms with Gasteiger partial charge in [0.1, 0.15) is 4.83 Å². The van der Waals surface area contributed by atoms with Crippen LogP contribution in [0.1, 0.15) is 21.5 Å². The zero-order valence-electron chi connectivity index (χ0n) is 10.8. The second-order valence-corrected chi connectivity index (χ2v) is 6.43. The summed E-state index contributed by atoms with van der Waals surface area (Å²) >= 11 is 2.91. The van der Waals surface area contributed by atoms with Crippen LogP contribution in [0.5, 0.6) is 0 Å². The van der Waals surface area contributed by atoms with Gasteiger partial charge in [-0.1, -0.05) is 13.0 Å². The lowest BCUT2D eigenvalue weighted by Crippen LogP contribution is -2.23. The van der Waals surface area contributed by atoms with Crippen molar-refractivity contribution in [3.63, 3.8) is 0 Å². The SMILES string of the molecule is CCc1cc2c(=O)n(CC(=O)c3cccs3)cnc2s1. The normalized spacial score (nSPS) is 11.1. The topological polar surface area (TPSA) is 52.0 Å². The van der Waals surface area contributed by atoms with Gasteiger partial charge in [-0.2, -0.15) is 0 Å². The number of thiophene rings is 2. The molecule has 3 aromatic rings. The third-order valence-corrected chi connectivity index (χ3v) is 5.13. The summed E-state index contributed by atoms with van der Waals surface area (Å²) in [6.07, 6.45) is 2.35. The third kappa shape index (κ3) is 2.32. The highest BCUT2D eigenvalue weighted by Crippen LogP contribution is 2.21. The number of Topliss-reactive ketones (excluding diaryl/α,β-unsaturated/α-hetero) is 1. The summed E-state index contributed by atoms with van der Waals surface area (Å²) in [7, 11) is 0. The van der Waals surface area contributed by atoms with Crippen molar-refractivity contribution in [1.29, 1.82) is 0 Å². The molecule has 0 aliphatic rings. The van der Waals surface area contributed by atoms with Gasteiger partial charge in [-0.25, -0.2) is 4.98 Å². The van der Waals surface area contributed by atoms with Crippen molar-refractivity contribution in [3.05, 3.63) is 50.0 Å². The number of rotatable bonds is 4. The molecule has 0 N–H and O–H groups in total. The number of carbonyl (C=O) groups excluding carboxylic acids is 1. The summed E-state index contributed by atoms with van der Waals surface area (Å²) in [5.41, 5.74) is -0.143. The van der Waals surface area contributed by atoms with Crippen LogP contribution in [-0.2, 0) is 13.0 Å². The Kier molecular flexibility index (Phi) is 3.50. The highest BCUT2D eigenvalue weighted by Gasteiger charge is 2.12. The first-order valence-electron chi connectivity index (χ1n) is 6.23. The number of aryl methyl sites for hydroxylation is 1. The molecular weight excluding hydrogens is 292 g/mol. The lowest BCUT2D eigenvalue weighted by Gasteiger charge is -2.02. The quantitative estimate of drug-likeness (QED) is 0.696. The van der Waals surface area contributed by atoms with Gasteiger partial charge in [0.25, 0.3) is 5.56 Å². The van der Waals surface area contributed by atoms with Gasteiger partial charge < -0.3 is 0 Å². The van der Waals surface area contributed by atoms with Crippen LogP contribution in [-0.4, -0.2) is 15.3 Å². The lowest BCUT2D eigenvalue weighted by atomic mass is 10.3. The fourth-order valence-corrected chi connectivity index (χ4v) is 3.55. The molecule has 0 radical (unpaired) electrons. The van der Waals surface area contributed by atoms with Crippen molar-refractivity contribution in [2.24, 2.45) is 0 Å². The maximum atomic E-state index is 12.3. The van der Waals surface area contributed by atoms with Crippen LogP contribution >= 0.6 is 22.7 Å². The molecule has 3 rings (SSSR count). The molecule has 0 saturated carbocycles. The molecule has 0 amide bonds. The molecule has 0 saturated heterocycles. The summed E-state index contributed by atoms with van der Waals surface area (Å²) in [5, 5.41) is 2.46. The van der Waals surface area contributed by atoms with E-state index in [0.29, 0.717) is 10.3 Å². The first-order valence-corrected chi connectivity index (χ1v) is 7.93. The summed E-state index contributed by atoms with van der Waals surface area (Å²) in [5.74, 6) is -0.0609. The smallest absolute Gasteiger partial charge is 0.262 e. The van der Waals surface area contributed by atoms with Gasteiger partial charge in [0.15, 0.2) is 5.78 Å². The van der Waals surface area contributed by atoms with Crippen LogP contribution in [0.15, 0.2) is 34.7 Å². The van der Waals surface area contributed by atoms with Crippen LogP contribution < -0.4 is 5.56 Å². The van der Waals surface area contributed by atoms with Gasteiger partial charge in [0.05, 0.1) is 23.1 Å². The second-order valence-electron chi connectivity index (χ2n) is 4.36. The molecular formula is C14H12N2O2S2. The third-order valence-electron chi connectivity index (χ3n) is 3.03. The fourth-order valence-electron chi connectivity index (χ4n) is 1.97. The highest BCUT2D eigenvalue weighted by atomic mass is 32.1. The molecule has 0 fully saturated rings. The minimum atomic E-state index is -0.143. The molecule has 0 aliphatic carbocycles. The summed E-state index contributed by atoms with van der Waals surface area (Å²) in [6.45, 7) is 2.09. The molecule has 3 heterocycles. The molecule has 0 unspecified atom stereocenters. The Hall–Kier alpha value is -1.79. The number of carbonyl (C=O) groups is 1. The summed E-state index contributed by atoms with van der Waals surface area (Å²) in [4.78, 5) is 31.2. The van der Waals surface area contributed by atoms with E-state index < -0.39 is 0 Å². The maximum absolute atomic E-state index is 12.3. The predicted octanol–water partition coefficient (Wildman–Crippen LogP) is 2.96. The van der Waals surface area contributed by atoms with Crippen molar-refractivity contribution in [1.82, 2.24) is 9.55 Å². The van der Waals surface area contributed by atoms with Crippen LogP contribution in [0, 0.1) is 0 Å². The van der Waals surface area contributed by atoms with Crippen molar-refractivity contribution < 1.29 is 4.79 Å². The lowest BCUT2D eigenvalue weighted by molar-refractivity contribution is 0.0974. The van der Waals surface area contributed by atoms with E-state index >= 15 is 0 Å². The van der Waals surface area contributed by atoms with Gasteiger partial charge in [-0.15, -0.1) is 22.7 Å². The molecule has 0 aliphatic heterocycles. The minimum Gasteiger partial charge on any atom is -0.291 e. The Balaban J connectivity index is 1.98. The summed E-state index contributed by atoms with van der Waals surface area (Å²) in [6, 6.07) is 5.47. The van der Waals surface area contributed by atoms with E-state index in [4.69, 9.17) is 0 Å². The first kappa shape index (κ1) is 13.2. The fraction of sp³-hybridized carbons (Fsp3) is 0.214. The number of nitrogens with zero attached hydrogens (tertiary/aromatic N) is 2. The predicted molar refractivity (Wildman–Crippen MR) is 81.9 cm³/mol. The van der Waals surface area contributed by atoms with Gasteiger partial charge in [0, 0.05) is 4.88 Å². The van der Waals surface area contributed by atoms with Gasteiger partial charge in [-0.3, -0.25) is 14.2 Å². The van der Waals surface area contributed by atoms with Crippen LogP contribution in [0.25, 0.3) is 10.2 Å². The van der Waals surface area contributed by atoms with Gasteiger partial charge >= 0.3 is 0 Å². The number of ketones is 1. The Morgan fingerprint density at radius 3 is 3.00 bits per heavy atom. The number of hydrogen-bond donors (Lipinski definition) is 0. The van der Waals surface area contributed by atoms with Gasteiger partial charge in [0.2, 0.25) is 0 Å². The highest BCUT2D eigenvalue weighted by molar-refractivity contribution is 7.18. The van der Waals surface area contributed by atoms with E-state index in [9.17, 15) is 9.59 Å². The molecule has 20 heavy (non-hydrogen) atoms. The zero-order valence-corrected chi connectivity index (χ0v) is 12.5. The Morgan fingerprint density at radius 1 is 1.45 bits per heavy atom. The number of hydrogen-bond acceptors (Lipinski definition) is 5. The molecule has 6 heteroatoms. The average Bonchev–Trinajstić information content (AvgIpc) is 3.10. The van der Waals surface area contributed by atoms with E-state index in [-0.39, 0.29) is 17.9 Å². The molecule has 4 nitrogen and oxygen atoms in total. The maximum Gasteiger partial charge on any atom is 0.262 e. The van der Waals surface area contributed by atoms with Crippen molar-refractivity contribution in [2.45, 2.75) is 19.9 Å². The molecule has 0 bridgehead atoms. The monoisotopic (exact) mass is 304 g/mol. The van der Waals surface area contributed by atoms with E-state index in [1.54, 1.807) is 6.07 Å². The van der Waals surface area contributed by atoms with E-state index in [2.05, 4.69) is 4.98 Å². The van der Waals surface area contributed by atoms with E-state index in [1.807, 2.05) is 24.4 Å². The first-order chi connectivity index (χ1) is 9.69. The molecule has 0 atom stereocenters. The summed E-state index contributed by atoms with van der Waals surface area (Å²) < 4.78 is 1.39. The molecule has 0 spiro atoms. The Labute approximate surface area is 123 Å². The Bertz CT molecular complexity index is 815. The van der Waals surface area contributed by atoms with Gasteiger partial charge in [-0.05, 0) is 23.9 Å². The van der Waals surface area contributed by atoms with Crippen LogP contribution in [0.4, 0.5) is 0 Å². The largest absolute Gasteiger partial charge is 0.291 e. The van der Waals surface area contributed by atoms with Crippen LogP contribution in [0.2, 0.25) is 0 Å². The number of aromatic nitrogens is 2. The van der Waals surface area contributed by atoms with Crippen molar-refractivity contribution >= 4 is 38.7 Å². The van der Waals surface area contributed by atoms with E-state index in [0.717, 1.165) is 16.1 Å². The average molecular weight is 304 g/mol. The Morgan fingerprint density at radius 2 is 2.30 bits per heavy atom. The number of fused-ring (bicyclic) bond motifs is 1. The van der Waals surface area contributed by atoms with E-state index in [1.165, 1.54) is 33.6 Å². The zero-order chi connectivity index (χ0) is 14.1. The van der Waals surface area contributed by atoms with Crippen LogP contribution in [0.3, 0.4) is 0 Å². The molecule has 0 aromatic carbocycles. The molecule has 102 valence electrons. The minimum absolute atomic E-state index is 0.0413.